The van der Waals surface area contributed by atoms with E-state index in [-0.39, 0.29) is 18.0 Å². The number of pyridine rings is 1. The summed E-state index contributed by atoms with van der Waals surface area (Å²) in [6, 6.07) is 1.08. The first kappa shape index (κ1) is 12.5. The second-order valence-electron chi connectivity index (χ2n) is 3.39. The first-order valence-electron chi connectivity index (χ1n) is 4.71. The maximum absolute atomic E-state index is 12.8. The van der Waals surface area contributed by atoms with Crippen LogP contribution in [0.3, 0.4) is 0 Å². The van der Waals surface area contributed by atoms with Crippen LogP contribution in [0.2, 0.25) is 0 Å². The minimum Gasteiger partial charge on any atom is -0.388 e. The summed E-state index contributed by atoms with van der Waals surface area (Å²) < 4.78 is 12.8. The largest absolute Gasteiger partial charge is 0.388 e. The monoisotopic (exact) mass is 228 g/mol. The van der Waals surface area contributed by atoms with Gasteiger partial charge in [-0.15, -0.1) is 0 Å². The molecule has 0 aliphatic carbocycles. The van der Waals surface area contributed by atoms with E-state index in [4.69, 9.17) is 0 Å². The average Bonchev–Trinajstić information content (AvgIpc) is 2.24. The predicted octanol–water partition coefficient (Wildman–Crippen LogP) is -0.249. The summed E-state index contributed by atoms with van der Waals surface area (Å²) in [6.07, 6.45) is -0.233. The molecule has 1 heterocycles. The standard InChI is InChI=1S/C10H13FN2O3/c1-6(14)13-5-9(15)10(16)7-2-8(11)4-12-3-7/h2-4,9-10,15-16H,5H2,1H3,(H,13,14). The zero-order valence-electron chi connectivity index (χ0n) is 8.72. The Kier molecular flexibility index (Phi) is 4.33. The van der Waals surface area contributed by atoms with Crippen molar-refractivity contribution in [3.8, 4) is 0 Å². The number of aliphatic hydroxyl groups is 2. The second kappa shape index (κ2) is 5.53. The number of nitrogens with one attached hydrogen (secondary N) is 1. The molecule has 0 aromatic carbocycles. The molecule has 0 spiro atoms. The lowest BCUT2D eigenvalue weighted by atomic mass is 10.1. The number of amides is 1. The number of hydrogen-bond donors (Lipinski definition) is 3. The van der Waals surface area contributed by atoms with Crippen LogP contribution in [0.25, 0.3) is 0 Å². The van der Waals surface area contributed by atoms with Gasteiger partial charge in [0, 0.05) is 25.2 Å². The van der Waals surface area contributed by atoms with Gasteiger partial charge in [-0.05, 0) is 6.07 Å². The molecule has 0 bridgehead atoms. The summed E-state index contributed by atoms with van der Waals surface area (Å²) in [5.41, 5.74) is 0.165. The van der Waals surface area contributed by atoms with E-state index in [0.717, 1.165) is 12.3 Å². The van der Waals surface area contributed by atoms with E-state index in [9.17, 15) is 19.4 Å². The molecule has 3 N–H and O–H groups in total. The Balaban J connectivity index is 2.62. The van der Waals surface area contributed by atoms with Gasteiger partial charge in [0.1, 0.15) is 18.0 Å². The molecule has 1 amide bonds. The topological polar surface area (TPSA) is 82.5 Å². The highest BCUT2D eigenvalue weighted by atomic mass is 19.1. The van der Waals surface area contributed by atoms with Gasteiger partial charge in [-0.25, -0.2) is 4.39 Å². The van der Waals surface area contributed by atoms with Crippen LogP contribution >= 0.6 is 0 Å². The summed E-state index contributed by atoms with van der Waals surface area (Å²) in [5, 5.41) is 21.5. The Morgan fingerprint density at radius 1 is 1.56 bits per heavy atom. The number of nitrogens with zero attached hydrogens (tertiary/aromatic N) is 1. The van der Waals surface area contributed by atoms with Gasteiger partial charge in [-0.1, -0.05) is 0 Å². The maximum Gasteiger partial charge on any atom is 0.216 e. The van der Waals surface area contributed by atoms with E-state index >= 15 is 0 Å². The van der Waals surface area contributed by atoms with E-state index in [1.54, 1.807) is 0 Å². The Bertz CT molecular complexity index is 373. The highest BCUT2D eigenvalue weighted by Gasteiger charge is 2.19. The maximum atomic E-state index is 12.8. The third-order valence-corrected chi connectivity index (χ3v) is 1.99. The lowest BCUT2D eigenvalue weighted by Crippen LogP contribution is -2.34. The highest BCUT2D eigenvalue weighted by molar-refractivity contribution is 5.72. The molecule has 0 saturated carbocycles. The van der Waals surface area contributed by atoms with Crippen LogP contribution in [-0.4, -0.2) is 33.8 Å². The first-order chi connectivity index (χ1) is 7.50. The van der Waals surface area contributed by atoms with Gasteiger partial charge in [0.25, 0.3) is 0 Å². The second-order valence-corrected chi connectivity index (χ2v) is 3.39. The van der Waals surface area contributed by atoms with E-state index in [1.807, 2.05) is 0 Å². The molecule has 0 aliphatic heterocycles. The van der Waals surface area contributed by atoms with Gasteiger partial charge in [-0.3, -0.25) is 9.78 Å². The number of aromatic nitrogens is 1. The van der Waals surface area contributed by atoms with Crippen molar-refractivity contribution in [1.29, 1.82) is 0 Å². The SMILES string of the molecule is CC(=O)NCC(O)C(O)c1cncc(F)c1. The van der Waals surface area contributed by atoms with Crippen LogP contribution in [0.5, 0.6) is 0 Å². The van der Waals surface area contributed by atoms with E-state index < -0.39 is 18.0 Å². The fourth-order valence-corrected chi connectivity index (χ4v) is 1.17. The molecule has 2 unspecified atom stereocenters. The number of halogens is 1. The van der Waals surface area contributed by atoms with E-state index in [0.29, 0.717) is 0 Å². The lowest BCUT2D eigenvalue weighted by molar-refractivity contribution is -0.119. The van der Waals surface area contributed by atoms with Crippen molar-refractivity contribution in [2.75, 3.05) is 6.54 Å². The summed E-state index contributed by atoms with van der Waals surface area (Å²) in [7, 11) is 0. The van der Waals surface area contributed by atoms with Crippen LogP contribution in [-0.2, 0) is 4.79 Å². The van der Waals surface area contributed by atoms with E-state index in [1.165, 1.54) is 13.1 Å². The molecule has 16 heavy (non-hydrogen) atoms. The summed E-state index contributed by atoms with van der Waals surface area (Å²) in [6.45, 7) is 1.19. The van der Waals surface area contributed by atoms with E-state index in [2.05, 4.69) is 10.3 Å². The first-order valence-corrected chi connectivity index (χ1v) is 4.71. The van der Waals surface area contributed by atoms with Crippen molar-refractivity contribution in [3.63, 3.8) is 0 Å². The van der Waals surface area contributed by atoms with Crippen molar-refractivity contribution in [2.45, 2.75) is 19.1 Å². The molecule has 0 saturated heterocycles. The molecule has 0 aliphatic rings. The molecule has 1 aromatic rings. The van der Waals surface area contributed by atoms with Gasteiger partial charge < -0.3 is 15.5 Å². The minimum absolute atomic E-state index is 0.104. The van der Waals surface area contributed by atoms with Crippen molar-refractivity contribution in [1.82, 2.24) is 10.3 Å². The van der Waals surface area contributed by atoms with Gasteiger partial charge in [0.2, 0.25) is 5.91 Å². The molecule has 2 atom stereocenters. The Morgan fingerprint density at radius 3 is 2.81 bits per heavy atom. The van der Waals surface area contributed by atoms with Gasteiger partial charge >= 0.3 is 0 Å². The van der Waals surface area contributed by atoms with Crippen molar-refractivity contribution in [3.05, 3.63) is 29.8 Å². The molecule has 1 aromatic heterocycles. The molecule has 0 radical (unpaired) electrons. The Morgan fingerprint density at radius 2 is 2.25 bits per heavy atom. The Hall–Kier alpha value is -1.53. The summed E-state index contributed by atoms with van der Waals surface area (Å²) in [4.78, 5) is 14.1. The zero-order chi connectivity index (χ0) is 12.1. The van der Waals surface area contributed by atoms with Crippen LogP contribution < -0.4 is 5.32 Å². The number of carbonyl (C=O) groups excluding carboxylic acids is 1. The third-order valence-electron chi connectivity index (χ3n) is 1.99. The van der Waals surface area contributed by atoms with Gasteiger partial charge in [0.05, 0.1) is 6.20 Å². The zero-order valence-corrected chi connectivity index (χ0v) is 8.72. The number of rotatable bonds is 4. The molecule has 6 heteroatoms. The predicted molar refractivity (Wildman–Crippen MR) is 53.8 cm³/mol. The van der Waals surface area contributed by atoms with Gasteiger partial charge in [-0.2, -0.15) is 0 Å². The molecule has 88 valence electrons. The fraction of sp³-hybridized carbons (Fsp3) is 0.400. The normalized spacial score (nSPS) is 14.2. The third kappa shape index (κ3) is 3.56. The minimum atomic E-state index is -1.28. The molecular formula is C10H13FN2O3. The van der Waals surface area contributed by atoms with Crippen molar-refractivity contribution in [2.24, 2.45) is 0 Å². The number of carbonyl (C=O) groups is 1. The average molecular weight is 228 g/mol. The van der Waals surface area contributed by atoms with Crippen LogP contribution in [0.15, 0.2) is 18.5 Å². The fourth-order valence-electron chi connectivity index (χ4n) is 1.17. The highest BCUT2D eigenvalue weighted by Crippen LogP contribution is 2.16. The van der Waals surface area contributed by atoms with Gasteiger partial charge in [0.15, 0.2) is 0 Å². The molecule has 1 rings (SSSR count). The number of hydrogen-bond acceptors (Lipinski definition) is 4. The Labute approximate surface area is 91.9 Å². The van der Waals surface area contributed by atoms with Crippen LogP contribution in [0.1, 0.15) is 18.6 Å². The molecular weight excluding hydrogens is 215 g/mol. The summed E-state index contributed by atoms with van der Waals surface area (Å²) in [5.74, 6) is -0.910. The van der Waals surface area contributed by atoms with Crippen molar-refractivity contribution >= 4 is 5.91 Å². The quantitative estimate of drug-likeness (QED) is 0.663. The van der Waals surface area contributed by atoms with Crippen LogP contribution in [0, 0.1) is 5.82 Å². The van der Waals surface area contributed by atoms with Crippen LogP contribution in [0.4, 0.5) is 4.39 Å². The number of aliphatic hydroxyl groups excluding tert-OH is 2. The lowest BCUT2D eigenvalue weighted by Gasteiger charge is -2.17. The molecule has 0 fully saturated rings. The van der Waals surface area contributed by atoms with Crippen molar-refractivity contribution < 1.29 is 19.4 Å². The molecule has 5 nitrogen and oxygen atoms in total. The smallest absolute Gasteiger partial charge is 0.216 e. The summed E-state index contributed by atoms with van der Waals surface area (Å²) >= 11 is 0.